The van der Waals surface area contributed by atoms with Crippen LogP contribution < -0.4 is 10.2 Å². The lowest BCUT2D eigenvalue weighted by Crippen LogP contribution is -2.50. The maximum atomic E-state index is 9.30. The third-order valence-electron chi connectivity index (χ3n) is 3.97. The van der Waals surface area contributed by atoms with E-state index in [9.17, 15) is 5.11 Å². The number of aromatic nitrogens is 1. The first-order valence-electron chi connectivity index (χ1n) is 7.84. The fourth-order valence-corrected chi connectivity index (χ4v) is 2.59. The van der Waals surface area contributed by atoms with Crippen molar-refractivity contribution >= 4 is 5.82 Å². The molecule has 0 amide bonds. The summed E-state index contributed by atoms with van der Waals surface area (Å²) in [4.78, 5) is 6.73. The zero-order chi connectivity index (χ0) is 15.2. The molecule has 1 aliphatic rings. The molecular formula is C16H27N3O2. The van der Waals surface area contributed by atoms with E-state index in [1.165, 1.54) is 5.56 Å². The minimum absolute atomic E-state index is 0.0529. The van der Waals surface area contributed by atoms with Gasteiger partial charge in [-0.2, -0.15) is 0 Å². The van der Waals surface area contributed by atoms with E-state index >= 15 is 0 Å². The molecule has 2 N–H and O–H groups in total. The zero-order valence-electron chi connectivity index (χ0n) is 13.2. The number of nitrogens with zero attached hydrogens (tertiary/aromatic N) is 2. The molecule has 21 heavy (non-hydrogen) atoms. The van der Waals surface area contributed by atoms with Gasteiger partial charge in [-0.05, 0) is 44.5 Å². The van der Waals surface area contributed by atoms with Crippen LogP contribution in [0.4, 0.5) is 5.82 Å². The van der Waals surface area contributed by atoms with E-state index in [1.807, 2.05) is 6.20 Å². The van der Waals surface area contributed by atoms with Crippen molar-refractivity contribution in [3.8, 4) is 0 Å². The summed E-state index contributed by atoms with van der Waals surface area (Å²) in [6, 6.07) is 4.79. The number of aliphatic hydroxyl groups is 1. The van der Waals surface area contributed by atoms with E-state index in [-0.39, 0.29) is 18.8 Å². The second-order valence-corrected chi connectivity index (χ2v) is 5.76. The van der Waals surface area contributed by atoms with E-state index in [2.05, 4.69) is 48.1 Å². The molecule has 0 aliphatic carbocycles. The third-order valence-corrected chi connectivity index (χ3v) is 3.97. The summed E-state index contributed by atoms with van der Waals surface area (Å²) in [5.74, 6) is 0.965. The summed E-state index contributed by atoms with van der Waals surface area (Å²) in [7, 11) is 0. The fourth-order valence-electron chi connectivity index (χ4n) is 2.59. The SMILES string of the molecule is CCCNC(C)c1ccnc(N2CC(CO)OCC2C)c1. The first-order valence-corrected chi connectivity index (χ1v) is 7.84. The molecule has 5 heteroatoms. The van der Waals surface area contributed by atoms with Gasteiger partial charge in [0.2, 0.25) is 0 Å². The van der Waals surface area contributed by atoms with Gasteiger partial charge in [0.15, 0.2) is 0 Å². The van der Waals surface area contributed by atoms with Crippen LogP contribution in [0.2, 0.25) is 0 Å². The molecule has 0 saturated carbocycles. The van der Waals surface area contributed by atoms with Gasteiger partial charge in [0.1, 0.15) is 5.82 Å². The van der Waals surface area contributed by atoms with Crippen LogP contribution in [0, 0.1) is 0 Å². The lowest BCUT2D eigenvalue weighted by molar-refractivity contribution is -0.0105. The number of pyridine rings is 1. The van der Waals surface area contributed by atoms with Crippen LogP contribution in [0.5, 0.6) is 0 Å². The standard InChI is InChI=1S/C16H27N3O2/c1-4-6-17-13(3)14-5-7-18-16(8-14)19-9-15(10-20)21-11-12(19)2/h5,7-8,12-13,15,17,20H,4,6,9-11H2,1-3H3. The largest absolute Gasteiger partial charge is 0.394 e. The summed E-state index contributed by atoms with van der Waals surface area (Å²) >= 11 is 0. The average molecular weight is 293 g/mol. The van der Waals surface area contributed by atoms with E-state index in [4.69, 9.17) is 4.74 Å². The van der Waals surface area contributed by atoms with Gasteiger partial charge in [-0.1, -0.05) is 6.92 Å². The van der Waals surface area contributed by atoms with Crippen molar-refractivity contribution in [2.75, 3.05) is 31.2 Å². The molecule has 2 rings (SSSR count). The predicted molar refractivity (Wildman–Crippen MR) is 84.6 cm³/mol. The van der Waals surface area contributed by atoms with Crippen LogP contribution in [0.1, 0.15) is 38.8 Å². The number of morpholine rings is 1. The molecule has 1 aromatic heterocycles. The Morgan fingerprint density at radius 1 is 1.57 bits per heavy atom. The molecule has 0 bridgehead atoms. The number of hydrogen-bond donors (Lipinski definition) is 2. The Bertz CT molecular complexity index is 441. The lowest BCUT2D eigenvalue weighted by atomic mass is 10.1. The Labute approximate surface area is 127 Å². The zero-order valence-corrected chi connectivity index (χ0v) is 13.2. The van der Waals surface area contributed by atoms with Crippen molar-refractivity contribution in [3.63, 3.8) is 0 Å². The topological polar surface area (TPSA) is 57.6 Å². The molecule has 0 radical (unpaired) electrons. The summed E-state index contributed by atoms with van der Waals surface area (Å²) in [6.07, 6.45) is 2.87. The number of nitrogens with one attached hydrogen (secondary N) is 1. The van der Waals surface area contributed by atoms with Gasteiger partial charge in [0.25, 0.3) is 0 Å². The van der Waals surface area contributed by atoms with E-state index < -0.39 is 0 Å². The summed E-state index contributed by atoms with van der Waals surface area (Å²) in [5.41, 5.74) is 1.24. The second-order valence-electron chi connectivity index (χ2n) is 5.76. The maximum Gasteiger partial charge on any atom is 0.129 e. The monoisotopic (exact) mass is 293 g/mol. The summed E-state index contributed by atoms with van der Waals surface area (Å²) in [5, 5.41) is 12.8. The normalized spacial score (nSPS) is 24.1. The predicted octanol–water partition coefficient (Wildman–Crippen LogP) is 1.73. The summed E-state index contributed by atoms with van der Waals surface area (Å²) < 4.78 is 5.59. The number of hydrogen-bond acceptors (Lipinski definition) is 5. The van der Waals surface area contributed by atoms with Crippen molar-refractivity contribution in [2.24, 2.45) is 0 Å². The molecule has 5 nitrogen and oxygen atoms in total. The summed E-state index contributed by atoms with van der Waals surface area (Å²) in [6.45, 7) is 8.85. The minimum atomic E-state index is -0.123. The lowest BCUT2D eigenvalue weighted by Gasteiger charge is -2.38. The van der Waals surface area contributed by atoms with E-state index in [1.54, 1.807) is 0 Å². The Balaban J connectivity index is 2.12. The second kappa shape index (κ2) is 7.73. The highest BCUT2D eigenvalue weighted by atomic mass is 16.5. The van der Waals surface area contributed by atoms with Gasteiger partial charge in [-0.3, -0.25) is 0 Å². The molecule has 2 heterocycles. The Morgan fingerprint density at radius 3 is 3.10 bits per heavy atom. The van der Waals surface area contributed by atoms with Gasteiger partial charge in [-0.25, -0.2) is 4.98 Å². The van der Waals surface area contributed by atoms with E-state index in [0.717, 1.165) is 18.8 Å². The van der Waals surface area contributed by atoms with Crippen molar-refractivity contribution in [3.05, 3.63) is 23.9 Å². The average Bonchev–Trinajstić information content (AvgIpc) is 2.53. The molecule has 118 valence electrons. The van der Waals surface area contributed by atoms with E-state index in [0.29, 0.717) is 19.2 Å². The molecule has 1 fully saturated rings. The van der Waals surface area contributed by atoms with Crippen molar-refractivity contribution < 1.29 is 9.84 Å². The van der Waals surface area contributed by atoms with Gasteiger partial charge in [0.05, 0.1) is 25.4 Å². The van der Waals surface area contributed by atoms with Crippen molar-refractivity contribution in [1.82, 2.24) is 10.3 Å². The van der Waals surface area contributed by atoms with Gasteiger partial charge >= 0.3 is 0 Å². The molecular weight excluding hydrogens is 266 g/mol. The van der Waals surface area contributed by atoms with Gasteiger partial charge in [-0.15, -0.1) is 0 Å². The fraction of sp³-hybridized carbons (Fsp3) is 0.688. The van der Waals surface area contributed by atoms with Crippen molar-refractivity contribution in [2.45, 2.75) is 45.4 Å². The highest BCUT2D eigenvalue weighted by Gasteiger charge is 2.26. The maximum absolute atomic E-state index is 9.30. The van der Waals surface area contributed by atoms with Crippen LogP contribution in [0.15, 0.2) is 18.3 Å². The molecule has 1 aliphatic heterocycles. The molecule has 1 aromatic rings. The molecule has 1 saturated heterocycles. The number of rotatable bonds is 6. The third kappa shape index (κ3) is 4.15. The molecule has 0 spiro atoms. The smallest absolute Gasteiger partial charge is 0.129 e. The van der Waals surface area contributed by atoms with Crippen LogP contribution in [0.25, 0.3) is 0 Å². The van der Waals surface area contributed by atoms with Crippen LogP contribution in [-0.2, 0) is 4.74 Å². The Morgan fingerprint density at radius 2 is 2.38 bits per heavy atom. The minimum Gasteiger partial charge on any atom is -0.394 e. The van der Waals surface area contributed by atoms with Gasteiger partial charge < -0.3 is 20.1 Å². The first-order chi connectivity index (χ1) is 10.2. The number of anilines is 1. The highest BCUT2D eigenvalue weighted by molar-refractivity contribution is 5.43. The quantitative estimate of drug-likeness (QED) is 0.836. The molecule has 3 atom stereocenters. The van der Waals surface area contributed by atoms with Crippen molar-refractivity contribution in [1.29, 1.82) is 0 Å². The highest BCUT2D eigenvalue weighted by Crippen LogP contribution is 2.23. The number of aliphatic hydroxyl groups excluding tert-OH is 1. The Hall–Kier alpha value is -1.17. The molecule has 3 unspecified atom stereocenters. The number of ether oxygens (including phenoxy) is 1. The van der Waals surface area contributed by atoms with Crippen LogP contribution in [-0.4, -0.2) is 48.5 Å². The Kier molecular flexibility index (Phi) is 5.96. The van der Waals surface area contributed by atoms with Crippen LogP contribution >= 0.6 is 0 Å². The molecule has 0 aromatic carbocycles. The van der Waals surface area contributed by atoms with Gasteiger partial charge in [0, 0.05) is 18.8 Å². The van der Waals surface area contributed by atoms with Crippen LogP contribution in [0.3, 0.4) is 0 Å². The first kappa shape index (κ1) is 16.2.